The second-order valence-corrected chi connectivity index (χ2v) is 10.2. The predicted octanol–water partition coefficient (Wildman–Crippen LogP) is 4.51. The van der Waals surface area contributed by atoms with Gasteiger partial charge in [-0.05, 0) is 82.2 Å². The molecule has 2 aromatic rings. The van der Waals surface area contributed by atoms with E-state index in [0.717, 1.165) is 56.3 Å². The van der Waals surface area contributed by atoms with Gasteiger partial charge in [-0.2, -0.15) is 0 Å². The Kier molecular flexibility index (Phi) is 5.46. The fraction of sp³-hybridized carbons (Fsp3) is 0.538. The third-order valence-corrected chi connectivity index (χ3v) is 7.31. The molecular weight excluding hydrogens is 402 g/mol. The van der Waals surface area contributed by atoms with E-state index in [0.29, 0.717) is 11.4 Å². The molecule has 2 aliphatic heterocycles. The van der Waals surface area contributed by atoms with Crippen molar-refractivity contribution in [2.24, 2.45) is 5.73 Å². The van der Waals surface area contributed by atoms with Crippen molar-refractivity contribution in [2.45, 2.75) is 76.0 Å². The molecular formula is C26H33N3O3. The summed E-state index contributed by atoms with van der Waals surface area (Å²) in [6, 6.07) is 10.3. The van der Waals surface area contributed by atoms with Crippen LogP contribution in [-0.4, -0.2) is 45.9 Å². The molecule has 0 unspecified atom stereocenters. The summed E-state index contributed by atoms with van der Waals surface area (Å²) in [5.41, 5.74) is 6.64. The van der Waals surface area contributed by atoms with Crippen molar-refractivity contribution in [3.8, 4) is 17.4 Å². The van der Waals surface area contributed by atoms with Crippen LogP contribution >= 0.6 is 0 Å². The van der Waals surface area contributed by atoms with Gasteiger partial charge in [-0.15, -0.1) is 0 Å². The van der Waals surface area contributed by atoms with Crippen molar-refractivity contribution in [1.29, 1.82) is 0 Å². The summed E-state index contributed by atoms with van der Waals surface area (Å²) in [6.45, 7) is 5.70. The lowest BCUT2D eigenvalue weighted by Crippen LogP contribution is -2.53. The van der Waals surface area contributed by atoms with Gasteiger partial charge in [0, 0.05) is 37.0 Å². The van der Waals surface area contributed by atoms with Crippen molar-refractivity contribution in [1.82, 2.24) is 9.88 Å². The van der Waals surface area contributed by atoms with Crippen molar-refractivity contribution < 1.29 is 14.3 Å². The van der Waals surface area contributed by atoms with Crippen LogP contribution in [0.5, 0.6) is 17.4 Å². The molecule has 1 saturated heterocycles. The number of Topliss-reactive ketones (excluding diaryl/α,β-unsaturated/α-hetero) is 1. The number of rotatable bonds is 5. The molecule has 6 nitrogen and oxygen atoms in total. The molecule has 1 aromatic heterocycles. The van der Waals surface area contributed by atoms with Crippen LogP contribution in [0.2, 0.25) is 0 Å². The number of ketones is 1. The first-order valence-corrected chi connectivity index (χ1v) is 11.8. The number of aryl methyl sites for hydroxylation is 1. The van der Waals surface area contributed by atoms with E-state index >= 15 is 0 Å². The number of ether oxygens (including phenoxy) is 2. The number of nitrogens with zero attached hydrogens (tertiary/aromatic N) is 2. The first-order chi connectivity index (χ1) is 15.3. The zero-order valence-electron chi connectivity index (χ0n) is 19.1. The van der Waals surface area contributed by atoms with E-state index in [1.54, 1.807) is 26.0 Å². The lowest BCUT2D eigenvalue weighted by molar-refractivity contribution is -0.0337. The molecule has 1 aliphatic carbocycles. The zero-order valence-corrected chi connectivity index (χ0v) is 19.1. The van der Waals surface area contributed by atoms with Crippen molar-refractivity contribution >= 4 is 5.78 Å². The first kappa shape index (κ1) is 21.4. The van der Waals surface area contributed by atoms with Gasteiger partial charge in [0.2, 0.25) is 5.88 Å². The molecule has 0 atom stereocenters. The second kappa shape index (κ2) is 8.16. The van der Waals surface area contributed by atoms with Crippen LogP contribution in [-0.2, 0) is 6.42 Å². The molecule has 3 heterocycles. The van der Waals surface area contributed by atoms with Gasteiger partial charge < -0.3 is 20.1 Å². The van der Waals surface area contributed by atoms with Crippen molar-refractivity contribution in [3.05, 3.63) is 47.7 Å². The maximum Gasteiger partial charge on any atom is 0.219 e. The summed E-state index contributed by atoms with van der Waals surface area (Å²) in [5.74, 6) is 2.02. The Hall–Kier alpha value is -2.44. The fourth-order valence-corrected chi connectivity index (χ4v) is 5.03. The van der Waals surface area contributed by atoms with Crippen LogP contribution in [0, 0.1) is 0 Å². The summed E-state index contributed by atoms with van der Waals surface area (Å²) in [6.07, 6.45) is 9.97. The summed E-state index contributed by atoms with van der Waals surface area (Å²) >= 11 is 0. The summed E-state index contributed by atoms with van der Waals surface area (Å²) in [4.78, 5) is 19.2. The molecule has 32 heavy (non-hydrogen) atoms. The number of fused-ring (bicyclic) bond motifs is 1. The lowest BCUT2D eigenvalue weighted by atomic mass is 9.81. The molecule has 2 fully saturated rings. The van der Waals surface area contributed by atoms with E-state index in [1.165, 1.54) is 31.0 Å². The van der Waals surface area contributed by atoms with Crippen LogP contribution in [0.4, 0.5) is 0 Å². The molecule has 1 saturated carbocycles. The molecule has 5 rings (SSSR count). The number of carbonyl (C=O) groups excluding carboxylic acids is 1. The highest BCUT2D eigenvalue weighted by Gasteiger charge is 2.41. The van der Waals surface area contributed by atoms with E-state index in [4.69, 9.17) is 15.2 Å². The fourth-order valence-electron chi connectivity index (χ4n) is 5.03. The van der Waals surface area contributed by atoms with Gasteiger partial charge in [-0.1, -0.05) is 6.42 Å². The van der Waals surface area contributed by atoms with Gasteiger partial charge in [0.1, 0.15) is 17.1 Å². The van der Waals surface area contributed by atoms with Crippen LogP contribution in [0.25, 0.3) is 0 Å². The van der Waals surface area contributed by atoms with E-state index in [2.05, 4.69) is 16.0 Å². The highest BCUT2D eigenvalue weighted by molar-refractivity contribution is 6.02. The smallest absolute Gasteiger partial charge is 0.219 e. The van der Waals surface area contributed by atoms with Gasteiger partial charge in [0.15, 0.2) is 5.78 Å². The maximum atomic E-state index is 12.3. The average Bonchev–Trinajstić information content (AvgIpc) is 2.74. The number of nitrogens with two attached hydrogens (primary N) is 1. The SMILES string of the molecule is CC(C)(N)C(=O)c1ccc(Oc2ccc3c(c2)CCC2(CCN(C4CCC4)CC2)O3)nc1. The zero-order chi connectivity index (χ0) is 22.3. The predicted molar refractivity (Wildman–Crippen MR) is 123 cm³/mol. The van der Waals surface area contributed by atoms with E-state index in [9.17, 15) is 4.79 Å². The highest BCUT2D eigenvalue weighted by Crippen LogP contribution is 2.42. The number of likely N-dealkylation sites (tertiary alicyclic amines) is 1. The molecule has 2 N–H and O–H groups in total. The van der Waals surface area contributed by atoms with Gasteiger partial charge >= 0.3 is 0 Å². The Balaban J connectivity index is 1.22. The molecule has 0 radical (unpaired) electrons. The molecule has 6 heteroatoms. The Morgan fingerprint density at radius 2 is 1.97 bits per heavy atom. The summed E-state index contributed by atoms with van der Waals surface area (Å²) < 4.78 is 12.5. The van der Waals surface area contributed by atoms with Gasteiger partial charge in [-0.3, -0.25) is 4.79 Å². The number of carbonyl (C=O) groups is 1. The second-order valence-electron chi connectivity index (χ2n) is 10.2. The Bertz CT molecular complexity index is 984. The van der Waals surface area contributed by atoms with Gasteiger partial charge in [-0.25, -0.2) is 4.98 Å². The number of pyridine rings is 1. The minimum absolute atomic E-state index is 0.00366. The largest absolute Gasteiger partial charge is 0.487 e. The molecule has 1 aromatic carbocycles. The average molecular weight is 436 g/mol. The Morgan fingerprint density at radius 1 is 1.19 bits per heavy atom. The van der Waals surface area contributed by atoms with Crippen molar-refractivity contribution in [2.75, 3.05) is 13.1 Å². The van der Waals surface area contributed by atoms with Gasteiger partial charge in [0.25, 0.3) is 0 Å². The quantitative estimate of drug-likeness (QED) is 0.697. The summed E-state index contributed by atoms with van der Waals surface area (Å²) in [7, 11) is 0. The van der Waals surface area contributed by atoms with Crippen LogP contribution in [0.1, 0.15) is 68.3 Å². The van der Waals surface area contributed by atoms with E-state index in [1.807, 2.05) is 12.1 Å². The molecule has 1 spiro atoms. The van der Waals surface area contributed by atoms with E-state index < -0.39 is 5.54 Å². The number of benzene rings is 1. The number of hydrogen-bond donors (Lipinski definition) is 1. The third-order valence-electron chi connectivity index (χ3n) is 7.31. The summed E-state index contributed by atoms with van der Waals surface area (Å²) in [5, 5.41) is 0. The van der Waals surface area contributed by atoms with Crippen LogP contribution in [0.3, 0.4) is 0 Å². The monoisotopic (exact) mass is 435 g/mol. The minimum Gasteiger partial charge on any atom is -0.487 e. The van der Waals surface area contributed by atoms with Gasteiger partial charge in [0.05, 0.1) is 5.54 Å². The van der Waals surface area contributed by atoms with Crippen LogP contribution < -0.4 is 15.2 Å². The topological polar surface area (TPSA) is 77.7 Å². The molecule has 3 aliphatic rings. The molecule has 0 bridgehead atoms. The Labute approximate surface area is 190 Å². The number of aromatic nitrogens is 1. The highest BCUT2D eigenvalue weighted by atomic mass is 16.5. The van der Waals surface area contributed by atoms with Crippen LogP contribution in [0.15, 0.2) is 36.5 Å². The van der Waals surface area contributed by atoms with E-state index in [-0.39, 0.29) is 11.4 Å². The lowest BCUT2D eigenvalue weighted by Gasteiger charge is -2.48. The standard InChI is InChI=1S/C26H33N3O3/c1-25(2,27)24(30)19-6-9-23(28-17-19)31-21-7-8-22-18(16-21)10-11-26(32-22)12-14-29(15-13-26)20-4-3-5-20/h6-9,16-17,20H,3-5,10-15,27H2,1-2H3. The third kappa shape index (κ3) is 4.26. The molecule has 0 amide bonds. The number of piperidine rings is 1. The maximum absolute atomic E-state index is 12.3. The van der Waals surface area contributed by atoms with Crippen molar-refractivity contribution in [3.63, 3.8) is 0 Å². The normalized spacial score (nSPS) is 20.8. The Morgan fingerprint density at radius 3 is 2.59 bits per heavy atom. The first-order valence-electron chi connectivity index (χ1n) is 11.8. The minimum atomic E-state index is -0.923. The molecule has 170 valence electrons. The number of hydrogen-bond acceptors (Lipinski definition) is 6.